The Hall–Kier alpha value is -2.15. The number of rotatable bonds is 5. The topological polar surface area (TPSA) is 92.4 Å². The molecule has 1 amide bonds. The average Bonchev–Trinajstić information content (AvgIpc) is 3.00. The maximum Gasteiger partial charge on any atom is 0.355 e. The van der Waals surface area contributed by atoms with E-state index in [4.69, 9.17) is 9.52 Å². The summed E-state index contributed by atoms with van der Waals surface area (Å²) in [4.78, 5) is 26.1. The highest BCUT2D eigenvalue weighted by Gasteiger charge is 2.09. The Morgan fingerprint density at radius 2 is 2.33 bits per heavy atom. The number of aromatic carboxylic acids is 1. The molecule has 0 radical (unpaired) electrons. The highest BCUT2D eigenvalue weighted by Crippen LogP contribution is 2.10. The van der Waals surface area contributed by atoms with Crippen LogP contribution in [-0.2, 0) is 6.42 Å². The number of carbonyl (C=O) groups is 2. The van der Waals surface area contributed by atoms with Crippen molar-refractivity contribution in [3.8, 4) is 0 Å². The zero-order valence-electron chi connectivity index (χ0n) is 9.25. The summed E-state index contributed by atoms with van der Waals surface area (Å²) in [7, 11) is 0. The zero-order valence-corrected chi connectivity index (χ0v) is 10.1. The van der Waals surface area contributed by atoms with Gasteiger partial charge in [0.05, 0.1) is 16.8 Å². The van der Waals surface area contributed by atoms with Gasteiger partial charge in [-0.25, -0.2) is 9.78 Å². The largest absolute Gasteiger partial charge is 0.476 e. The van der Waals surface area contributed by atoms with Crippen LogP contribution in [-0.4, -0.2) is 28.5 Å². The lowest BCUT2D eigenvalue weighted by Crippen LogP contribution is -2.25. The number of carboxylic acid groups (broad SMARTS) is 1. The molecule has 0 atom stereocenters. The third-order valence-electron chi connectivity index (χ3n) is 2.18. The van der Waals surface area contributed by atoms with Crippen molar-refractivity contribution in [3.05, 3.63) is 40.2 Å². The van der Waals surface area contributed by atoms with E-state index < -0.39 is 5.97 Å². The molecule has 0 fully saturated rings. The van der Waals surface area contributed by atoms with Crippen LogP contribution in [0.3, 0.4) is 0 Å². The minimum Gasteiger partial charge on any atom is -0.476 e. The number of aromatic nitrogens is 1. The van der Waals surface area contributed by atoms with Crippen LogP contribution in [0.25, 0.3) is 0 Å². The number of carboxylic acids is 1. The van der Waals surface area contributed by atoms with E-state index in [1.165, 1.54) is 29.2 Å². The highest BCUT2D eigenvalue weighted by atomic mass is 32.1. The first-order chi connectivity index (χ1) is 8.66. The average molecular weight is 266 g/mol. The van der Waals surface area contributed by atoms with Crippen molar-refractivity contribution >= 4 is 23.2 Å². The molecule has 0 unspecified atom stereocenters. The Labute approximate surface area is 106 Å². The molecule has 2 aromatic rings. The van der Waals surface area contributed by atoms with Gasteiger partial charge in [0.15, 0.2) is 5.69 Å². The highest BCUT2D eigenvalue weighted by molar-refractivity contribution is 7.09. The molecule has 0 aliphatic heterocycles. The molecular formula is C11H10N2O4S. The fourth-order valence-corrected chi connectivity index (χ4v) is 2.07. The van der Waals surface area contributed by atoms with Crippen molar-refractivity contribution in [2.45, 2.75) is 6.42 Å². The number of nitrogens with zero attached hydrogens (tertiary/aromatic N) is 1. The predicted octanol–water partition coefficient (Wildman–Crippen LogP) is 1.41. The maximum atomic E-state index is 11.5. The van der Waals surface area contributed by atoms with Crippen LogP contribution in [0, 0.1) is 0 Å². The van der Waals surface area contributed by atoms with Crippen LogP contribution in [0.4, 0.5) is 0 Å². The molecule has 0 aromatic carbocycles. The van der Waals surface area contributed by atoms with Crippen molar-refractivity contribution in [2.75, 3.05) is 6.54 Å². The lowest BCUT2D eigenvalue weighted by molar-refractivity contribution is 0.0690. The molecule has 7 heteroatoms. The van der Waals surface area contributed by atoms with Gasteiger partial charge < -0.3 is 14.8 Å². The summed E-state index contributed by atoms with van der Waals surface area (Å²) in [6.45, 7) is 0.399. The third-order valence-corrected chi connectivity index (χ3v) is 3.09. The van der Waals surface area contributed by atoms with Gasteiger partial charge in [0.1, 0.15) is 6.26 Å². The first-order valence-electron chi connectivity index (χ1n) is 5.15. The Kier molecular flexibility index (Phi) is 3.73. The number of amides is 1. The Morgan fingerprint density at radius 3 is 2.94 bits per heavy atom. The second-order valence-corrected chi connectivity index (χ2v) is 4.39. The first kappa shape index (κ1) is 12.3. The van der Waals surface area contributed by atoms with Crippen molar-refractivity contribution in [2.24, 2.45) is 0 Å². The molecule has 0 aliphatic rings. The van der Waals surface area contributed by atoms with Crippen molar-refractivity contribution in [1.82, 2.24) is 10.3 Å². The number of hydrogen-bond donors (Lipinski definition) is 2. The van der Waals surface area contributed by atoms with Gasteiger partial charge in [0.25, 0.3) is 5.91 Å². The number of nitrogens with one attached hydrogen (secondary N) is 1. The SMILES string of the molecule is O=C(NCCc1nc(C(=O)O)cs1)c1ccoc1. The number of thiazole rings is 1. The molecule has 2 aromatic heterocycles. The van der Waals surface area contributed by atoms with Crippen LogP contribution in [0.1, 0.15) is 25.9 Å². The van der Waals surface area contributed by atoms with Gasteiger partial charge in [-0.3, -0.25) is 4.79 Å². The van der Waals surface area contributed by atoms with Gasteiger partial charge in [0.2, 0.25) is 0 Å². The van der Waals surface area contributed by atoms with E-state index >= 15 is 0 Å². The molecule has 0 saturated carbocycles. The summed E-state index contributed by atoms with van der Waals surface area (Å²) in [5.41, 5.74) is 0.497. The van der Waals surface area contributed by atoms with E-state index in [1.54, 1.807) is 6.07 Å². The smallest absolute Gasteiger partial charge is 0.355 e. The first-order valence-corrected chi connectivity index (χ1v) is 6.03. The molecule has 0 saturated heterocycles. The number of furan rings is 1. The molecule has 0 aliphatic carbocycles. The quantitative estimate of drug-likeness (QED) is 0.853. The van der Waals surface area contributed by atoms with E-state index in [2.05, 4.69) is 10.3 Å². The van der Waals surface area contributed by atoms with Gasteiger partial charge in [-0.05, 0) is 6.07 Å². The Morgan fingerprint density at radius 1 is 1.50 bits per heavy atom. The van der Waals surface area contributed by atoms with Gasteiger partial charge in [-0.1, -0.05) is 0 Å². The second-order valence-electron chi connectivity index (χ2n) is 3.45. The van der Waals surface area contributed by atoms with Gasteiger partial charge in [-0.15, -0.1) is 11.3 Å². The fourth-order valence-electron chi connectivity index (χ4n) is 1.30. The predicted molar refractivity (Wildman–Crippen MR) is 63.8 cm³/mol. The molecule has 18 heavy (non-hydrogen) atoms. The molecular weight excluding hydrogens is 256 g/mol. The van der Waals surface area contributed by atoms with Crippen LogP contribution in [0.5, 0.6) is 0 Å². The Bertz CT molecular complexity index is 547. The summed E-state index contributed by atoms with van der Waals surface area (Å²) < 4.78 is 4.79. The minimum atomic E-state index is -1.04. The second kappa shape index (κ2) is 5.46. The van der Waals surface area contributed by atoms with Gasteiger partial charge in [0, 0.05) is 18.3 Å². The maximum absolute atomic E-state index is 11.5. The normalized spacial score (nSPS) is 10.2. The lowest BCUT2D eigenvalue weighted by atomic mass is 10.3. The fraction of sp³-hybridized carbons (Fsp3) is 0.182. The minimum absolute atomic E-state index is 0.0381. The zero-order chi connectivity index (χ0) is 13.0. The van der Waals surface area contributed by atoms with Crippen LogP contribution >= 0.6 is 11.3 Å². The number of carbonyl (C=O) groups excluding carboxylic acids is 1. The molecule has 2 heterocycles. The van der Waals surface area contributed by atoms with Gasteiger partial charge >= 0.3 is 5.97 Å². The van der Waals surface area contributed by atoms with Crippen LogP contribution in [0.15, 0.2) is 28.4 Å². The van der Waals surface area contributed by atoms with E-state index in [9.17, 15) is 9.59 Å². The number of hydrogen-bond acceptors (Lipinski definition) is 5. The molecule has 2 N–H and O–H groups in total. The van der Waals surface area contributed by atoms with E-state index in [0.29, 0.717) is 23.5 Å². The summed E-state index contributed by atoms with van der Waals surface area (Å²) in [5.74, 6) is -1.27. The third kappa shape index (κ3) is 2.95. The van der Waals surface area contributed by atoms with E-state index in [-0.39, 0.29) is 11.6 Å². The molecule has 2 rings (SSSR count). The van der Waals surface area contributed by atoms with Crippen molar-refractivity contribution in [1.29, 1.82) is 0 Å². The van der Waals surface area contributed by atoms with Gasteiger partial charge in [-0.2, -0.15) is 0 Å². The molecule has 0 bridgehead atoms. The summed E-state index contributed by atoms with van der Waals surface area (Å²) in [6.07, 6.45) is 3.29. The monoisotopic (exact) mass is 266 g/mol. The lowest BCUT2D eigenvalue weighted by Gasteiger charge is -2.00. The molecule has 0 spiro atoms. The van der Waals surface area contributed by atoms with Crippen molar-refractivity contribution in [3.63, 3.8) is 0 Å². The summed E-state index contributed by atoms with van der Waals surface area (Å²) in [5, 5.41) is 13.6. The molecule has 6 nitrogen and oxygen atoms in total. The van der Waals surface area contributed by atoms with E-state index in [0.717, 1.165) is 0 Å². The summed E-state index contributed by atoms with van der Waals surface area (Å²) >= 11 is 1.27. The van der Waals surface area contributed by atoms with Crippen molar-refractivity contribution < 1.29 is 19.1 Å². The van der Waals surface area contributed by atoms with Crippen LogP contribution in [0.2, 0.25) is 0 Å². The Balaban J connectivity index is 1.81. The molecule has 94 valence electrons. The standard InChI is InChI=1S/C11H10N2O4S/c14-10(7-2-4-17-5-7)12-3-1-9-13-8(6-18-9)11(15)16/h2,4-6H,1,3H2,(H,12,14)(H,15,16). The van der Waals surface area contributed by atoms with Crippen LogP contribution < -0.4 is 5.32 Å². The van der Waals surface area contributed by atoms with E-state index in [1.807, 2.05) is 0 Å². The summed E-state index contributed by atoms with van der Waals surface area (Å²) in [6, 6.07) is 1.57.